The van der Waals surface area contributed by atoms with Crippen LogP contribution in [0.2, 0.25) is 0 Å². The van der Waals surface area contributed by atoms with Crippen molar-refractivity contribution in [1.29, 1.82) is 0 Å². The molecule has 0 fully saturated rings. The Kier molecular flexibility index (Phi) is 6.24. The fourth-order valence-electron chi connectivity index (χ4n) is 3.41. The van der Waals surface area contributed by atoms with E-state index >= 15 is 0 Å². The van der Waals surface area contributed by atoms with Gasteiger partial charge in [0.05, 0.1) is 18.8 Å². The molecule has 0 unspecified atom stereocenters. The summed E-state index contributed by atoms with van der Waals surface area (Å²) in [5.74, 6) is 1.27. The number of rotatable bonds is 7. The quantitative estimate of drug-likeness (QED) is 0.645. The van der Waals surface area contributed by atoms with Gasteiger partial charge in [0.2, 0.25) is 5.91 Å². The summed E-state index contributed by atoms with van der Waals surface area (Å²) in [5, 5.41) is 7.71. The molecule has 8 heteroatoms. The van der Waals surface area contributed by atoms with E-state index in [-0.39, 0.29) is 30.0 Å². The minimum absolute atomic E-state index is 0.110. The molecule has 0 spiro atoms. The van der Waals surface area contributed by atoms with Crippen LogP contribution < -0.4 is 15.6 Å². The molecule has 2 aromatic heterocycles. The smallest absolute Gasteiger partial charge is 0.264 e. The van der Waals surface area contributed by atoms with Gasteiger partial charge in [-0.25, -0.2) is 9.67 Å². The van der Waals surface area contributed by atoms with Gasteiger partial charge in [-0.3, -0.25) is 14.2 Å². The zero-order valence-electron chi connectivity index (χ0n) is 18.2. The largest absolute Gasteiger partial charge is 0.496 e. The Morgan fingerprint density at radius 3 is 2.67 bits per heavy atom. The van der Waals surface area contributed by atoms with Crippen molar-refractivity contribution in [1.82, 2.24) is 24.6 Å². The minimum Gasteiger partial charge on any atom is -0.496 e. The normalized spacial score (nSPS) is 11.6. The molecule has 0 saturated carbocycles. The first-order valence-corrected chi connectivity index (χ1v) is 10.1. The van der Waals surface area contributed by atoms with E-state index in [1.165, 1.54) is 4.57 Å². The highest BCUT2D eigenvalue weighted by molar-refractivity contribution is 5.76. The van der Waals surface area contributed by atoms with Crippen LogP contribution in [0.25, 0.3) is 11.0 Å². The Morgan fingerprint density at radius 2 is 1.97 bits per heavy atom. The van der Waals surface area contributed by atoms with Crippen molar-refractivity contribution < 1.29 is 9.53 Å². The molecule has 0 aliphatic rings. The number of aryl methyl sites for hydroxylation is 1. The molecule has 160 valence electrons. The Balaban J connectivity index is 1.64. The lowest BCUT2D eigenvalue weighted by molar-refractivity contribution is -0.121. The molecule has 8 nitrogen and oxygen atoms in total. The molecule has 0 aliphatic carbocycles. The Labute approximate surface area is 175 Å². The van der Waals surface area contributed by atoms with Gasteiger partial charge >= 0.3 is 0 Å². The van der Waals surface area contributed by atoms with E-state index in [9.17, 15) is 9.59 Å². The Hall–Kier alpha value is -3.16. The van der Waals surface area contributed by atoms with Crippen LogP contribution in [0.3, 0.4) is 0 Å². The number of nitrogens with one attached hydrogen (secondary N) is 1. The summed E-state index contributed by atoms with van der Waals surface area (Å²) in [5.41, 5.74) is 1.16. The fourth-order valence-corrected chi connectivity index (χ4v) is 3.41. The minimum atomic E-state index is -0.277. The number of aromatic nitrogens is 4. The Morgan fingerprint density at radius 1 is 1.23 bits per heavy atom. The molecule has 0 aliphatic heterocycles. The standard InChI is InChI=1S/C22H29N5O3/c1-15-25-20-17(14-24-27(20)22(2,3)4)21(29)26(15)13-11-19(28)23-12-10-16-8-6-7-9-18(16)30-5/h6-9,14H,10-13H2,1-5H3,(H,23,28). The van der Waals surface area contributed by atoms with Crippen molar-refractivity contribution >= 4 is 16.9 Å². The lowest BCUT2D eigenvalue weighted by Gasteiger charge is -2.20. The second kappa shape index (κ2) is 8.69. The first-order chi connectivity index (χ1) is 14.2. The van der Waals surface area contributed by atoms with Gasteiger partial charge in [0.15, 0.2) is 5.65 Å². The van der Waals surface area contributed by atoms with Gasteiger partial charge in [0.25, 0.3) is 5.56 Å². The van der Waals surface area contributed by atoms with Crippen molar-refractivity contribution in [2.24, 2.45) is 0 Å². The van der Waals surface area contributed by atoms with E-state index in [1.807, 2.05) is 45.0 Å². The van der Waals surface area contributed by atoms with Crippen LogP contribution in [-0.4, -0.2) is 38.9 Å². The summed E-state index contributed by atoms with van der Waals surface area (Å²) in [6, 6.07) is 7.74. The van der Waals surface area contributed by atoms with Crippen LogP contribution in [0, 0.1) is 6.92 Å². The number of amides is 1. The number of methoxy groups -OCH3 is 1. The molecular weight excluding hydrogens is 382 g/mol. The first-order valence-electron chi connectivity index (χ1n) is 10.1. The molecule has 30 heavy (non-hydrogen) atoms. The Bertz CT molecular complexity index is 1110. The number of hydrogen-bond acceptors (Lipinski definition) is 5. The third-order valence-corrected chi connectivity index (χ3v) is 4.98. The molecule has 0 atom stereocenters. The predicted molar refractivity (Wildman–Crippen MR) is 116 cm³/mol. The number of fused-ring (bicyclic) bond motifs is 1. The maximum absolute atomic E-state index is 12.9. The van der Waals surface area contributed by atoms with Gasteiger partial charge in [0.1, 0.15) is 17.0 Å². The predicted octanol–water partition coefficient (Wildman–Crippen LogP) is 2.41. The van der Waals surface area contributed by atoms with Crippen LogP contribution in [0.5, 0.6) is 5.75 Å². The number of benzene rings is 1. The third-order valence-electron chi connectivity index (χ3n) is 4.98. The lowest BCUT2D eigenvalue weighted by atomic mass is 10.1. The SMILES string of the molecule is COc1ccccc1CCNC(=O)CCn1c(C)nc2c(cnn2C(C)(C)C)c1=O. The van der Waals surface area contributed by atoms with Gasteiger partial charge in [-0.15, -0.1) is 0 Å². The van der Waals surface area contributed by atoms with Crippen molar-refractivity contribution in [2.75, 3.05) is 13.7 Å². The van der Waals surface area contributed by atoms with Gasteiger partial charge in [0, 0.05) is 19.5 Å². The summed E-state index contributed by atoms with van der Waals surface area (Å²) in [6.45, 7) is 8.59. The topological polar surface area (TPSA) is 91.0 Å². The van der Waals surface area contributed by atoms with E-state index in [4.69, 9.17) is 4.74 Å². The zero-order valence-corrected chi connectivity index (χ0v) is 18.2. The second-order valence-corrected chi connectivity index (χ2v) is 8.24. The number of carbonyl (C=O) groups is 1. The molecule has 0 bridgehead atoms. The van der Waals surface area contributed by atoms with Gasteiger partial charge < -0.3 is 10.1 Å². The highest BCUT2D eigenvalue weighted by atomic mass is 16.5. The number of nitrogens with zero attached hydrogens (tertiary/aromatic N) is 4. The lowest BCUT2D eigenvalue weighted by Crippen LogP contribution is -2.30. The molecule has 3 aromatic rings. The van der Waals surface area contributed by atoms with E-state index in [0.29, 0.717) is 29.8 Å². The van der Waals surface area contributed by atoms with Crippen LogP contribution in [0.1, 0.15) is 38.6 Å². The van der Waals surface area contributed by atoms with Crippen LogP contribution >= 0.6 is 0 Å². The number of carbonyl (C=O) groups excluding carboxylic acids is 1. The number of ether oxygens (including phenoxy) is 1. The van der Waals surface area contributed by atoms with Gasteiger partial charge in [-0.2, -0.15) is 5.10 Å². The highest BCUT2D eigenvalue weighted by Crippen LogP contribution is 2.19. The molecular formula is C22H29N5O3. The molecule has 1 N–H and O–H groups in total. The molecule has 1 amide bonds. The summed E-state index contributed by atoms with van der Waals surface area (Å²) in [7, 11) is 1.63. The average molecular weight is 412 g/mol. The highest BCUT2D eigenvalue weighted by Gasteiger charge is 2.21. The molecule has 0 radical (unpaired) electrons. The van der Waals surface area contributed by atoms with Crippen LogP contribution in [-0.2, 0) is 23.3 Å². The van der Waals surface area contributed by atoms with Crippen molar-refractivity contribution in [3.05, 3.63) is 52.2 Å². The van der Waals surface area contributed by atoms with Gasteiger partial charge in [-0.1, -0.05) is 18.2 Å². The van der Waals surface area contributed by atoms with Crippen LogP contribution in [0.4, 0.5) is 0 Å². The summed E-state index contributed by atoms with van der Waals surface area (Å²) < 4.78 is 8.62. The summed E-state index contributed by atoms with van der Waals surface area (Å²) in [4.78, 5) is 29.8. The van der Waals surface area contributed by atoms with E-state index in [1.54, 1.807) is 24.9 Å². The second-order valence-electron chi connectivity index (χ2n) is 8.24. The van der Waals surface area contributed by atoms with Crippen molar-refractivity contribution in [3.8, 4) is 5.75 Å². The summed E-state index contributed by atoms with van der Waals surface area (Å²) in [6.07, 6.45) is 2.43. The third kappa shape index (κ3) is 4.53. The van der Waals surface area contributed by atoms with Crippen molar-refractivity contribution in [2.45, 2.75) is 52.6 Å². The number of para-hydroxylation sites is 1. The van der Waals surface area contributed by atoms with E-state index < -0.39 is 0 Å². The zero-order chi connectivity index (χ0) is 21.9. The van der Waals surface area contributed by atoms with E-state index in [2.05, 4.69) is 15.4 Å². The van der Waals surface area contributed by atoms with Crippen LogP contribution in [0.15, 0.2) is 35.3 Å². The fraction of sp³-hybridized carbons (Fsp3) is 0.455. The summed E-state index contributed by atoms with van der Waals surface area (Å²) >= 11 is 0. The van der Waals surface area contributed by atoms with Gasteiger partial charge in [-0.05, 0) is 45.7 Å². The monoisotopic (exact) mass is 411 g/mol. The molecule has 0 saturated heterocycles. The molecule has 2 heterocycles. The molecule has 1 aromatic carbocycles. The number of hydrogen-bond donors (Lipinski definition) is 1. The average Bonchev–Trinajstić information content (AvgIpc) is 3.12. The first kappa shape index (κ1) is 21.5. The molecule has 3 rings (SSSR count). The van der Waals surface area contributed by atoms with Crippen molar-refractivity contribution in [3.63, 3.8) is 0 Å². The maximum atomic E-state index is 12.9. The maximum Gasteiger partial charge on any atom is 0.264 e. The van der Waals surface area contributed by atoms with E-state index in [0.717, 1.165) is 11.3 Å².